The molecule has 31 heavy (non-hydrogen) atoms. The maximum absolute atomic E-state index is 12.5. The number of morpholine rings is 1. The van der Waals surface area contributed by atoms with Crippen LogP contribution in [0.2, 0.25) is 0 Å². The highest BCUT2D eigenvalue weighted by atomic mass is 32.2. The average molecular weight is 434 g/mol. The average Bonchev–Trinajstić information content (AvgIpc) is 2.79. The number of aromatic nitrogens is 4. The topological polar surface area (TPSA) is 72.6 Å². The number of aryl methyl sites for hydroxylation is 1. The highest BCUT2D eigenvalue weighted by molar-refractivity contribution is 7.98. The highest BCUT2D eigenvalue weighted by Crippen LogP contribution is 2.28. The number of fused-ring (bicyclic) bond motifs is 2. The van der Waals surface area contributed by atoms with Gasteiger partial charge >= 0.3 is 0 Å². The summed E-state index contributed by atoms with van der Waals surface area (Å²) in [6, 6.07) is 13.5. The van der Waals surface area contributed by atoms with Crippen LogP contribution in [-0.4, -0.2) is 50.6 Å². The van der Waals surface area contributed by atoms with E-state index in [4.69, 9.17) is 19.7 Å². The van der Waals surface area contributed by atoms with Crippen molar-refractivity contribution in [2.24, 2.45) is 0 Å². The fraction of sp³-hybridized carbons (Fsp3) is 0.304. The van der Waals surface area contributed by atoms with E-state index in [9.17, 15) is 4.79 Å². The lowest BCUT2D eigenvalue weighted by atomic mass is 10.2. The van der Waals surface area contributed by atoms with Crippen LogP contribution in [-0.2, 0) is 17.0 Å². The Hall–Kier alpha value is -2.81. The second-order valence-corrected chi connectivity index (χ2v) is 8.57. The van der Waals surface area contributed by atoms with Crippen molar-refractivity contribution in [3.8, 4) is 0 Å². The van der Waals surface area contributed by atoms with Crippen LogP contribution in [0.4, 0.5) is 0 Å². The number of thioether (sulfide) groups is 1. The molecule has 0 spiro atoms. The summed E-state index contributed by atoms with van der Waals surface area (Å²) in [4.78, 5) is 29.2. The van der Waals surface area contributed by atoms with Gasteiger partial charge in [-0.15, -0.1) is 0 Å². The monoisotopic (exact) mass is 433 g/mol. The number of nitrogens with zero attached hydrogens (tertiary/aromatic N) is 5. The van der Waals surface area contributed by atoms with Crippen LogP contribution in [0.25, 0.3) is 16.6 Å². The highest BCUT2D eigenvalue weighted by Gasteiger charge is 2.15. The Balaban J connectivity index is 1.45. The van der Waals surface area contributed by atoms with Gasteiger partial charge in [0.15, 0.2) is 0 Å². The Labute approximate surface area is 184 Å². The van der Waals surface area contributed by atoms with E-state index in [2.05, 4.69) is 4.90 Å². The number of pyridine rings is 1. The molecule has 0 N–H and O–H groups in total. The van der Waals surface area contributed by atoms with Crippen molar-refractivity contribution in [1.82, 2.24) is 24.3 Å². The number of hydrogen-bond acceptors (Lipinski definition) is 7. The molecule has 0 aliphatic carbocycles. The second kappa shape index (κ2) is 8.74. The van der Waals surface area contributed by atoms with Crippen molar-refractivity contribution in [3.63, 3.8) is 0 Å². The van der Waals surface area contributed by atoms with Crippen molar-refractivity contribution < 1.29 is 4.74 Å². The number of hydrogen-bond donors (Lipinski definition) is 0. The largest absolute Gasteiger partial charge is 0.379 e. The van der Waals surface area contributed by atoms with Crippen LogP contribution in [0, 0.1) is 6.92 Å². The predicted molar refractivity (Wildman–Crippen MR) is 121 cm³/mol. The third-order valence-electron chi connectivity index (χ3n) is 5.38. The predicted octanol–water partition coefficient (Wildman–Crippen LogP) is 3.07. The Morgan fingerprint density at radius 3 is 2.77 bits per heavy atom. The minimum atomic E-state index is -0.0650. The van der Waals surface area contributed by atoms with Gasteiger partial charge in [0.05, 0.1) is 31.0 Å². The summed E-state index contributed by atoms with van der Waals surface area (Å²) in [7, 11) is 0. The van der Waals surface area contributed by atoms with Gasteiger partial charge in [-0.2, -0.15) is 0 Å². The molecule has 1 saturated heterocycles. The summed E-state index contributed by atoms with van der Waals surface area (Å²) < 4.78 is 7.03. The summed E-state index contributed by atoms with van der Waals surface area (Å²) in [5.74, 6) is 1.38. The fourth-order valence-corrected chi connectivity index (χ4v) is 4.69. The zero-order chi connectivity index (χ0) is 21.2. The lowest BCUT2D eigenvalue weighted by molar-refractivity contribution is 0.0330. The maximum atomic E-state index is 12.5. The smallest absolute Gasteiger partial charge is 0.258 e. The van der Waals surface area contributed by atoms with E-state index in [0.717, 1.165) is 59.3 Å². The Morgan fingerprint density at radius 2 is 1.90 bits per heavy atom. The van der Waals surface area contributed by atoms with Gasteiger partial charge in [0, 0.05) is 36.5 Å². The molecule has 8 heteroatoms. The molecule has 1 fully saturated rings. The van der Waals surface area contributed by atoms with E-state index in [1.165, 1.54) is 0 Å². The third-order valence-corrected chi connectivity index (χ3v) is 6.40. The number of rotatable bonds is 5. The minimum Gasteiger partial charge on any atom is -0.379 e. The molecule has 0 bridgehead atoms. The molecule has 4 aromatic rings. The van der Waals surface area contributed by atoms with Crippen molar-refractivity contribution >= 4 is 28.3 Å². The Bertz CT molecular complexity index is 1300. The van der Waals surface area contributed by atoms with E-state index in [0.29, 0.717) is 17.9 Å². The van der Waals surface area contributed by atoms with Crippen LogP contribution in [0.3, 0.4) is 0 Å². The van der Waals surface area contributed by atoms with Gasteiger partial charge in [0.1, 0.15) is 16.5 Å². The Kier molecular flexibility index (Phi) is 5.67. The first kappa shape index (κ1) is 20.1. The van der Waals surface area contributed by atoms with E-state index < -0.39 is 0 Å². The first-order valence-electron chi connectivity index (χ1n) is 10.3. The molecular formula is C23H23N5O2S. The molecule has 0 amide bonds. The van der Waals surface area contributed by atoms with Crippen molar-refractivity contribution in [2.45, 2.75) is 24.2 Å². The van der Waals surface area contributed by atoms with E-state index in [1.54, 1.807) is 28.4 Å². The normalized spacial score (nSPS) is 15.0. The summed E-state index contributed by atoms with van der Waals surface area (Å²) in [6.07, 6.45) is 1.75. The zero-order valence-corrected chi connectivity index (χ0v) is 18.1. The Morgan fingerprint density at radius 1 is 1.06 bits per heavy atom. The summed E-state index contributed by atoms with van der Waals surface area (Å²) in [6.45, 7) is 5.95. The second-order valence-electron chi connectivity index (χ2n) is 7.61. The SMILES string of the molecule is Cc1cccn2c(=O)cc(CSc3nc(CN4CCOCC4)nc4ccccc34)nc12. The van der Waals surface area contributed by atoms with Crippen LogP contribution < -0.4 is 5.56 Å². The molecule has 0 atom stereocenters. The van der Waals surface area contributed by atoms with Gasteiger partial charge < -0.3 is 4.74 Å². The first-order chi connectivity index (χ1) is 15.2. The molecule has 4 heterocycles. The molecule has 0 unspecified atom stereocenters. The minimum absolute atomic E-state index is 0.0650. The summed E-state index contributed by atoms with van der Waals surface area (Å²) in [5, 5.41) is 1.94. The van der Waals surface area contributed by atoms with Gasteiger partial charge in [-0.05, 0) is 24.6 Å². The molecule has 0 radical (unpaired) electrons. The first-order valence-corrected chi connectivity index (χ1v) is 11.3. The molecule has 1 aromatic carbocycles. The van der Waals surface area contributed by atoms with E-state index in [1.807, 2.05) is 43.3 Å². The van der Waals surface area contributed by atoms with Crippen LogP contribution >= 0.6 is 11.8 Å². The van der Waals surface area contributed by atoms with Gasteiger partial charge in [0.2, 0.25) is 0 Å². The molecule has 1 aliphatic heterocycles. The molecule has 158 valence electrons. The standard InChI is InChI=1S/C23H23N5O2S/c1-16-5-4-8-28-21(29)13-17(24-22(16)28)15-31-23-18-6-2-3-7-19(18)25-20(26-23)14-27-9-11-30-12-10-27/h2-8,13H,9-12,14-15H2,1H3. The van der Waals surface area contributed by atoms with Crippen molar-refractivity contribution in [3.05, 3.63) is 76.1 Å². The number of benzene rings is 1. The zero-order valence-electron chi connectivity index (χ0n) is 17.3. The van der Waals surface area contributed by atoms with Crippen molar-refractivity contribution in [2.75, 3.05) is 26.3 Å². The lowest BCUT2D eigenvalue weighted by Crippen LogP contribution is -2.36. The van der Waals surface area contributed by atoms with E-state index >= 15 is 0 Å². The number of ether oxygens (including phenoxy) is 1. The molecule has 1 aliphatic rings. The third kappa shape index (κ3) is 4.32. The van der Waals surface area contributed by atoms with Crippen LogP contribution in [0.15, 0.2) is 58.5 Å². The van der Waals surface area contributed by atoms with Gasteiger partial charge in [-0.25, -0.2) is 15.0 Å². The summed E-state index contributed by atoms with van der Waals surface area (Å²) in [5.41, 5.74) is 3.30. The molecule has 5 rings (SSSR count). The van der Waals surface area contributed by atoms with E-state index in [-0.39, 0.29) is 5.56 Å². The van der Waals surface area contributed by atoms with Crippen LogP contribution in [0.5, 0.6) is 0 Å². The lowest BCUT2D eigenvalue weighted by Gasteiger charge is -2.25. The van der Waals surface area contributed by atoms with Gasteiger partial charge in [0.25, 0.3) is 5.56 Å². The molecule has 0 saturated carbocycles. The molecule has 3 aromatic heterocycles. The van der Waals surface area contributed by atoms with Gasteiger partial charge in [-0.3, -0.25) is 14.1 Å². The fourth-order valence-electron chi connectivity index (χ4n) is 3.76. The quantitative estimate of drug-likeness (QED) is 0.354. The van der Waals surface area contributed by atoms with Crippen molar-refractivity contribution in [1.29, 1.82) is 0 Å². The van der Waals surface area contributed by atoms with Gasteiger partial charge in [-0.1, -0.05) is 36.0 Å². The van der Waals surface area contributed by atoms with Crippen LogP contribution in [0.1, 0.15) is 17.1 Å². The number of para-hydroxylation sites is 1. The maximum Gasteiger partial charge on any atom is 0.258 e. The molecule has 7 nitrogen and oxygen atoms in total. The summed E-state index contributed by atoms with van der Waals surface area (Å²) >= 11 is 1.60. The molecular weight excluding hydrogens is 410 g/mol.